The molecule has 0 bridgehead atoms. The molecule has 156 valence electrons. The molecule has 1 amide bonds. The number of benzene rings is 2. The lowest BCUT2D eigenvalue weighted by molar-refractivity contribution is -0.385. The molecule has 2 aromatic rings. The number of ether oxygens (including phenoxy) is 1. The van der Waals surface area contributed by atoms with Crippen molar-refractivity contribution in [2.24, 2.45) is 0 Å². The third kappa shape index (κ3) is 4.96. The maximum Gasteiger partial charge on any atom is 0.274 e. The van der Waals surface area contributed by atoms with Crippen LogP contribution in [-0.2, 0) is 14.8 Å². The second kappa shape index (κ2) is 8.66. The molecule has 0 fully saturated rings. The fraction of sp³-hybridized carbons (Fsp3) is 0.278. The molecule has 0 spiro atoms. The van der Waals surface area contributed by atoms with E-state index in [2.05, 4.69) is 5.32 Å². The molecule has 29 heavy (non-hydrogen) atoms. The summed E-state index contributed by atoms with van der Waals surface area (Å²) in [7, 11) is -2.54. The molecule has 2 aromatic carbocycles. The third-order valence-electron chi connectivity index (χ3n) is 4.23. The van der Waals surface area contributed by atoms with E-state index >= 15 is 0 Å². The Morgan fingerprint density at radius 1 is 1.31 bits per heavy atom. The van der Waals surface area contributed by atoms with Gasteiger partial charge in [0.2, 0.25) is 15.9 Å². The Morgan fingerprint density at radius 3 is 2.52 bits per heavy atom. The topological polar surface area (TPSA) is 119 Å². The average molecular weight is 442 g/mol. The van der Waals surface area contributed by atoms with Gasteiger partial charge in [-0.25, -0.2) is 8.42 Å². The van der Waals surface area contributed by atoms with Gasteiger partial charge in [0.25, 0.3) is 5.69 Å². The van der Waals surface area contributed by atoms with Crippen molar-refractivity contribution in [2.45, 2.75) is 19.9 Å². The maximum absolute atomic E-state index is 12.8. The van der Waals surface area contributed by atoms with Crippen LogP contribution in [0.4, 0.5) is 17.1 Å². The fourth-order valence-corrected chi connectivity index (χ4v) is 4.15. The number of nitrogens with zero attached hydrogens (tertiary/aromatic N) is 2. The van der Waals surface area contributed by atoms with Gasteiger partial charge in [-0.15, -0.1) is 0 Å². The van der Waals surface area contributed by atoms with Crippen LogP contribution >= 0.6 is 11.6 Å². The highest BCUT2D eigenvalue weighted by molar-refractivity contribution is 7.92. The summed E-state index contributed by atoms with van der Waals surface area (Å²) in [6.45, 7) is 2.89. The van der Waals surface area contributed by atoms with Gasteiger partial charge < -0.3 is 10.1 Å². The molecule has 1 atom stereocenters. The number of halogens is 1. The molecule has 0 aliphatic rings. The summed E-state index contributed by atoms with van der Waals surface area (Å²) in [5, 5.41) is 13.9. The van der Waals surface area contributed by atoms with Crippen LogP contribution in [0.1, 0.15) is 12.5 Å². The number of sulfonamides is 1. The molecule has 0 heterocycles. The lowest BCUT2D eigenvalue weighted by Crippen LogP contribution is -2.45. The van der Waals surface area contributed by atoms with E-state index in [0.29, 0.717) is 0 Å². The second-order valence-corrected chi connectivity index (χ2v) is 8.54. The first-order valence-corrected chi connectivity index (χ1v) is 10.6. The molecular weight excluding hydrogens is 422 g/mol. The summed E-state index contributed by atoms with van der Waals surface area (Å²) in [6.07, 6.45) is 0.954. The largest absolute Gasteiger partial charge is 0.495 e. The van der Waals surface area contributed by atoms with Crippen LogP contribution in [-0.4, -0.2) is 38.7 Å². The van der Waals surface area contributed by atoms with E-state index in [-0.39, 0.29) is 33.4 Å². The Balaban J connectivity index is 2.45. The molecule has 1 N–H and O–H groups in total. The van der Waals surface area contributed by atoms with Crippen molar-refractivity contribution in [3.8, 4) is 5.75 Å². The normalized spacial score (nSPS) is 12.2. The van der Waals surface area contributed by atoms with Crippen molar-refractivity contribution in [2.75, 3.05) is 23.0 Å². The van der Waals surface area contributed by atoms with Crippen LogP contribution < -0.4 is 14.4 Å². The summed E-state index contributed by atoms with van der Waals surface area (Å²) in [4.78, 5) is 23.4. The zero-order valence-electron chi connectivity index (χ0n) is 16.2. The summed E-state index contributed by atoms with van der Waals surface area (Å²) < 4.78 is 31.1. The molecular formula is C18H20ClN3O6S. The summed E-state index contributed by atoms with van der Waals surface area (Å²) >= 11 is 6.01. The molecule has 0 unspecified atom stereocenters. The highest BCUT2D eigenvalue weighted by Crippen LogP contribution is 2.34. The van der Waals surface area contributed by atoms with Gasteiger partial charge in [0.15, 0.2) is 0 Å². The summed E-state index contributed by atoms with van der Waals surface area (Å²) in [5.74, 6) is -0.466. The van der Waals surface area contributed by atoms with Crippen molar-refractivity contribution in [1.82, 2.24) is 0 Å². The Hall–Kier alpha value is -2.85. The average Bonchev–Trinajstić information content (AvgIpc) is 2.62. The van der Waals surface area contributed by atoms with Crippen molar-refractivity contribution < 1.29 is 22.9 Å². The van der Waals surface area contributed by atoms with Crippen molar-refractivity contribution in [3.63, 3.8) is 0 Å². The Kier molecular flexibility index (Phi) is 6.70. The van der Waals surface area contributed by atoms with Crippen molar-refractivity contribution in [3.05, 3.63) is 57.1 Å². The number of carbonyl (C=O) groups is 1. The number of nitro groups is 1. The Morgan fingerprint density at radius 2 is 1.97 bits per heavy atom. The molecule has 0 aliphatic carbocycles. The highest BCUT2D eigenvalue weighted by atomic mass is 35.5. The second-order valence-electron chi connectivity index (χ2n) is 6.25. The number of methoxy groups -OCH3 is 1. The first-order valence-electron chi connectivity index (χ1n) is 8.35. The van der Waals surface area contributed by atoms with Crippen molar-refractivity contribution in [1.29, 1.82) is 0 Å². The van der Waals surface area contributed by atoms with E-state index in [4.69, 9.17) is 16.3 Å². The molecule has 0 radical (unpaired) electrons. The van der Waals surface area contributed by atoms with Gasteiger partial charge in [0.1, 0.15) is 11.8 Å². The summed E-state index contributed by atoms with van der Waals surface area (Å²) in [6, 6.07) is 7.44. The van der Waals surface area contributed by atoms with Crippen LogP contribution in [0.2, 0.25) is 5.02 Å². The van der Waals surface area contributed by atoms with Crippen molar-refractivity contribution >= 4 is 44.6 Å². The number of anilines is 2. The molecule has 2 rings (SSSR count). The predicted octanol–water partition coefficient (Wildman–Crippen LogP) is 3.36. The lowest BCUT2D eigenvalue weighted by Gasteiger charge is -2.29. The van der Waals surface area contributed by atoms with E-state index in [1.54, 1.807) is 0 Å². The van der Waals surface area contributed by atoms with Gasteiger partial charge in [0, 0.05) is 11.1 Å². The molecule has 0 saturated heterocycles. The molecule has 0 saturated carbocycles. The highest BCUT2D eigenvalue weighted by Gasteiger charge is 2.32. The fourth-order valence-electron chi connectivity index (χ4n) is 2.81. The van der Waals surface area contributed by atoms with Crippen LogP contribution in [0.15, 0.2) is 36.4 Å². The van der Waals surface area contributed by atoms with Gasteiger partial charge in [-0.3, -0.25) is 19.2 Å². The van der Waals surface area contributed by atoms with Gasteiger partial charge in [-0.1, -0.05) is 17.7 Å². The SMILES string of the molecule is COc1ccc(Cl)cc1N([C@H](C)C(=O)Nc1cccc([N+](=O)[O-])c1C)S(C)(=O)=O. The predicted molar refractivity (Wildman–Crippen MR) is 111 cm³/mol. The van der Waals surface area contributed by atoms with Gasteiger partial charge in [0.05, 0.1) is 35.2 Å². The Bertz CT molecular complexity index is 1060. The smallest absolute Gasteiger partial charge is 0.274 e. The van der Waals surface area contributed by atoms with Crippen LogP contribution in [0.5, 0.6) is 5.75 Å². The van der Waals surface area contributed by atoms with Crippen LogP contribution in [0.3, 0.4) is 0 Å². The van der Waals surface area contributed by atoms with Crippen LogP contribution in [0, 0.1) is 17.0 Å². The minimum atomic E-state index is -3.91. The first kappa shape index (κ1) is 22.4. The zero-order valence-corrected chi connectivity index (χ0v) is 17.7. The standard InChI is InChI=1S/C18H20ClN3O6S/c1-11-14(6-5-7-15(11)22(24)25)20-18(23)12(2)21(29(4,26)27)16-10-13(19)8-9-17(16)28-3/h5-10,12H,1-4H3,(H,20,23)/t12-/m1/s1. The van der Waals surface area contributed by atoms with E-state index < -0.39 is 26.9 Å². The van der Waals surface area contributed by atoms with Gasteiger partial charge in [-0.2, -0.15) is 0 Å². The maximum atomic E-state index is 12.8. The van der Waals surface area contributed by atoms with Gasteiger partial charge in [-0.05, 0) is 38.1 Å². The molecule has 0 aliphatic heterocycles. The number of nitro benzene ring substituents is 1. The third-order valence-corrected chi connectivity index (χ3v) is 5.69. The van der Waals surface area contributed by atoms with E-state index in [1.807, 2.05) is 0 Å². The van der Waals surface area contributed by atoms with E-state index in [0.717, 1.165) is 10.6 Å². The number of nitrogens with one attached hydrogen (secondary N) is 1. The number of hydrogen-bond donors (Lipinski definition) is 1. The quantitative estimate of drug-likeness (QED) is 0.519. The lowest BCUT2D eigenvalue weighted by atomic mass is 10.1. The van der Waals surface area contributed by atoms with E-state index in [1.165, 1.54) is 57.4 Å². The molecule has 9 nitrogen and oxygen atoms in total. The minimum Gasteiger partial charge on any atom is -0.495 e. The first-order chi connectivity index (χ1) is 13.5. The zero-order chi connectivity index (χ0) is 21.9. The van der Waals surface area contributed by atoms with Crippen LogP contribution in [0.25, 0.3) is 0 Å². The number of amides is 1. The monoisotopic (exact) mass is 441 g/mol. The van der Waals surface area contributed by atoms with Gasteiger partial charge >= 0.3 is 0 Å². The number of hydrogen-bond acceptors (Lipinski definition) is 6. The molecule has 0 aromatic heterocycles. The Labute approximate surface area is 173 Å². The number of rotatable bonds is 7. The number of carbonyl (C=O) groups excluding carboxylic acids is 1. The minimum absolute atomic E-state index is 0.0981. The molecule has 11 heteroatoms. The van der Waals surface area contributed by atoms with E-state index in [9.17, 15) is 23.3 Å². The summed E-state index contributed by atoms with van der Waals surface area (Å²) in [5.41, 5.74) is 0.402.